The molecule has 12 rings (SSSR count). The predicted octanol–water partition coefficient (Wildman–Crippen LogP) is 14.8. The molecule has 8 heterocycles. The number of H-pyrrole nitrogens is 2. The molecule has 8 aromatic heterocycles. The largest absolute Gasteiger partial charge is 0.382 e. The maximum Gasteiger partial charge on any atom is 0.156 e. The maximum absolute atomic E-state index is 10.4. The van der Waals surface area contributed by atoms with E-state index in [1.165, 1.54) is 46.6 Å². The van der Waals surface area contributed by atoms with Gasteiger partial charge in [-0.15, -0.1) is 0 Å². The molecule has 0 unspecified atom stereocenters. The number of hydrogen-bond acceptors (Lipinski definition) is 9. The van der Waals surface area contributed by atoms with E-state index in [0.29, 0.717) is 43.7 Å². The first-order chi connectivity index (χ1) is 36.8. The first kappa shape index (κ1) is 53.5. The molecule has 0 saturated heterocycles. The van der Waals surface area contributed by atoms with Gasteiger partial charge in [0.2, 0.25) is 0 Å². The van der Waals surface area contributed by atoms with Gasteiger partial charge in [0.1, 0.15) is 11.3 Å². The molecule has 76 heavy (non-hydrogen) atoms. The van der Waals surface area contributed by atoms with Crippen molar-refractivity contribution >= 4 is 139 Å². The third-order valence-corrected chi connectivity index (χ3v) is 18.0. The monoisotopic (exact) mass is 1100 g/mol. The van der Waals surface area contributed by atoms with Crippen LogP contribution < -0.4 is 11.1 Å². The summed E-state index contributed by atoms with van der Waals surface area (Å²) in [5.41, 5.74) is 17.9. The van der Waals surface area contributed by atoms with Crippen molar-refractivity contribution in [1.82, 2.24) is 49.5 Å². The molecule has 0 fully saturated rings. The number of aromatic amines is 2. The summed E-state index contributed by atoms with van der Waals surface area (Å²) >= 11 is 24.2. The first-order valence-corrected chi connectivity index (χ1v) is 28.9. The minimum absolute atomic E-state index is 0.171. The quantitative estimate of drug-likeness (QED) is 0.0726. The number of pyridine rings is 4. The van der Waals surface area contributed by atoms with E-state index < -0.39 is 0 Å². The number of halogens is 4. The number of benzene rings is 4. The number of nitrogens with zero attached hydrogens (tertiary/aromatic N) is 8. The molecule has 0 spiro atoms. The second-order valence-electron chi connectivity index (χ2n) is 18.6. The number of rotatable bonds is 11. The highest BCUT2D eigenvalue weighted by Gasteiger charge is 2.13. The van der Waals surface area contributed by atoms with Gasteiger partial charge in [-0.1, -0.05) is 110 Å². The van der Waals surface area contributed by atoms with Crippen LogP contribution >= 0.6 is 46.4 Å². The zero-order valence-electron chi connectivity index (χ0n) is 42.7. The number of carbonyl (C=O) groups excluding carboxylic acids is 1. The summed E-state index contributed by atoms with van der Waals surface area (Å²) in [6, 6.07) is 37.4. The molecular formula is C58H56Cl4N12OSi. The van der Waals surface area contributed by atoms with Crippen LogP contribution in [0.15, 0.2) is 134 Å². The van der Waals surface area contributed by atoms with Gasteiger partial charge < -0.3 is 21.0 Å². The Hall–Kier alpha value is -7.33. The molecule has 5 N–H and O–H groups in total. The van der Waals surface area contributed by atoms with E-state index in [9.17, 15) is 4.79 Å². The summed E-state index contributed by atoms with van der Waals surface area (Å²) in [6.07, 6.45) is 12.5. The Bertz CT molecular complexity index is 4010. The highest BCUT2D eigenvalue weighted by Crippen LogP contribution is 2.29. The number of hydrogen-bond donors (Lipinski definition) is 4. The zero-order valence-corrected chi connectivity index (χ0v) is 46.9. The number of aromatic nitrogens is 10. The number of nitrogen functional groups attached to an aromatic ring is 1. The van der Waals surface area contributed by atoms with Crippen LogP contribution in [-0.4, -0.2) is 64.5 Å². The van der Waals surface area contributed by atoms with Crippen molar-refractivity contribution in [3.63, 3.8) is 0 Å². The third kappa shape index (κ3) is 12.5. The van der Waals surface area contributed by atoms with E-state index in [1.54, 1.807) is 35.5 Å². The smallest absolute Gasteiger partial charge is 0.156 e. The lowest BCUT2D eigenvalue weighted by Gasteiger charge is -2.07. The van der Waals surface area contributed by atoms with Crippen molar-refractivity contribution in [2.45, 2.75) is 58.3 Å². The number of fused-ring (bicyclic) bond motifs is 6. The fourth-order valence-corrected chi connectivity index (χ4v) is 11.7. The minimum atomic E-state index is -0.171. The second-order valence-corrected chi connectivity index (χ2v) is 24.5. The summed E-state index contributed by atoms with van der Waals surface area (Å²) in [5, 5.41) is 20.9. The number of aldehydes is 1. The number of anilines is 2. The molecule has 0 atom stereocenters. The molecule has 12 aromatic rings. The molecule has 18 heteroatoms. The normalized spacial score (nSPS) is 11.2. The Labute approximate surface area is 461 Å². The second kappa shape index (κ2) is 24.1. The number of aryl methyl sites for hydroxylation is 2. The number of nitrogens with one attached hydrogen (secondary N) is 3. The topological polar surface area (TPSA) is 174 Å². The standard InChI is InChI=1S/C26H20Cl2N6.C18H15ClN4.C8H5ClN2O.C6H16Si/c1-34-24-5-3-16(6-15-2-4-23-18(7-15)10-19(27)13-29-23)8-21(24)26(33-34)31-12-17-9-20-22(28)14-32-25(20)30-11-17;1-23-17-5-3-12(8-15(17)18(20)22-23)6-11-2-4-16-13(7-11)9-14(19)10-21-16;9-7-3-11-8-6(7)1-5(4-12)2-10-8;1-4-7(5-2)6-3/h2-5,7-11,13-14H,6,12H2,1H3,(H,30,32)(H,31,33);2-5,7-10H,6H2,1H3,(H2,20,22);1-4H,(H,10,11);7H,4-6H2,1-3H3. The van der Waals surface area contributed by atoms with Gasteiger partial charge in [0.15, 0.2) is 17.9 Å². The lowest BCUT2D eigenvalue weighted by atomic mass is 10.0. The first-order valence-electron chi connectivity index (χ1n) is 25.0. The van der Waals surface area contributed by atoms with E-state index in [0.717, 1.165) is 90.5 Å². The Morgan fingerprint density at radius 1 is 0.566 bits per heavy atom. The van der Waals surface area contributed by atoms with Gasteiger partial charge in [0, 0.05) is 104 Å². The average molecular weight is 1110 g/mol. The molecule has 386 valence electrons. The van der Waals surface area contributed by atoms with Crippen LogP contribution in [0.1, 0.15) is 58.9 Å². The Kier molecular flexibility index (Phi) is 17.0. The van der Waals surface area contributed by atoms with Crippen molar-refractivity contribution in [2.75, 3.05) is 11.1 Å². The lowest BCUT2D eigenvalue weighted by molar-refractivity contribution is 0.112. The van der Waals surface area contributed by atoms with Gasteiger partial charge in [0.05, 0.1) is 42.2 Å². The number of carbonyl (C=O) groups is 1. The van der Waals surface area contributed by atoms with Crippen molar-refractivity contribution in [3.8, 4) is 0 Å². The number of nitrogens with two attached hydrogens (primary N) is 1. The maximum atomic E-state index is 10.4. The van der Waals surface area contributed by atoms with E-state index in [4.69, 9.17) is 57.2 Å². The molecule has 0 bridgehead atoms. The Balaban J connectivity index is 0.000000144. The Morgan fingerprint density at radius 2 is 1.05 bits per heavy atom. The minimum Gasteiger partial charge on any atom is -0.382 e. The highest BCUT2D eigenvalue weighted by atomic mass is 35.5. The van der Waals surface area contributed by atoms with E-state index in [1.807, 2.05) is 55.3 Å². The van der Waals surface area contributed by atoms with Crippen molar-refractivity contribution in [3.05, 3.63) is 188 Å². The van der Waals surface area contributed by atoms with Crippen LogP contribution in [0.2, 0.25) is 38.2 Å². The molecule has 4 aromatic carbocycles. The van der Waals surface area contributed by atoms with Crippen molar-refractivity contribution < 1.29 is 4.79 Å². The molecule has 0 aliphatic rings. The SMILES string of the molecule is CC[SiH](CC)CC.Cn1nc(N)c2cc(Cc3ccc4ncc(Cl)cc4c3)ccc21.Cn1nc(NCc2cnc3[nH]cc(Cl)c3c2)c2cc(Cc3ccc4ncc(Cl)cc4c3)ccc21.O=Cc1cnc2[nH]cc(Cl)c2c1. The Morgan fingerprint density at radius 3 is 1.61 bits per heavy atom. The summed E-state index contributed by atoms with van der Waals surface area (Å²) in [7, 11) is 3.69. The van der Waals surface area contributed by atoms with Gasteiger partial charge in [-0.3, -0.25) is 24.1 Å². The van der Waals surface area contributed by atoms with E-state index in [2.05, 4.69) is 122 Å². The fraction of sp³-hybridized carbons (Fsp3) is 0.190. The van der Waals surface area contributed by atoms with E-state index >= 15 is 0 Å². The summed E-state index contributed by atoms with van der Waals surface area (Å²) in [5.74, 6) is 1.41. The zero-order chi connectivity index (χ0) is 53.5. The summed E-state index contributed by atoms with van der Waals surface area (Å²) in [6.45, 7) is 7.57. The average Bonchev–Trinajstić information content (AvgIpc) is 4.17. The van der Waals surface area contributed by atoms with Gasteiger partial charge in [0.25, 0.3) is 0 Å². The fourth-order valence-electron chi connectivity index (χ4n) is 9.22. The predicted molar refractivity (Wildman–Crippen MR) is 318 cm³/mol. The van der Waals surface area contributed by atoms with Gasteiger partial charge >= 0.3 is 0 Å². The van der Waals surface area contributed by atoms with E-state index in [-0.39, 0.29) is 8.80 Å². The van der Waals surface area contributed by atoms with Gasteiger partial charge in [-0.2, -0.15) is 10.2 Å². The van der Waals surface area contributed by atoms with Gasteiger partial charge in [-0.25, -0.2) is 9.97 Å². The summed E-state index contributed by atoms with van der Waals surface area (Å²) < 4.78 is 3.70. The molecule has 0 aliphatic carbocycles. The van der Waals surface area contributed by atoms with Crippen molar-refractivity contribution in [2.24, 2.45) is 14.1 Å². The van der Waals surface area contributed by atoms with Crippen LogP contribution in [0.4, 0.5) is 11.6 Å². The molecule has 0 aliphatic heterocycles. The summed E-state index contributed by atoms with van der Waals surface area (Å²) in [4.78, 5) is 33.5. The molecule has 0 radical (unpaired) electrons. The molecule has 0 amide bonds. The lowest BCUT2D eigenvalue weighted by Crippen LogP contribution is -2.04. The van der Waals surface area contributed by atoms with Gasteiger partial charge in [-0.05, 0) is 113 Å². The van der Waals surface area contributed by atoms with Crippen LogP contribution in [0.25, 0.3) is 65.7 Å². The molecule has 13 nitrogen and oxygen atoms in total. The van der Waals surface area contributed by atoms with Crippen molar-refractivity contribution in [1.29, 1.82) is 0 Å². The highest BCUT2D eigenvalue weighted by molar-refractivity contribution is 6.58. The van der Waals surface area contributed by atoms with Crippen LogP contribution in [0, 0.1) is 0 Å². The van der Waals surface area contributed by atoms with Crippen LogP contribution in [-0.2, 0) is 33.5 Å². The molecular weight excluding hydrogens is 1050 g/mol. The van der Waals surface area contributed by atoms with Crippen LogP contribution in [0.3, 0.4) is 0 Å². The third-order valence-electron chi connectivity index (χ3n) is 13.5. The molecule has 0 saturated carbocycles. The van der Waals surface area contributed by atoms with Crippen LogP contribution in [0.5, 0.6) is 0 Å².